The van der Waals surface area contributed by atoms with Crippen LogP contribution in [-0.2, 0) is 15.8 Å². The minimum absolute atomic E-state index is 0.118. The number of rotatable bonds is 3. The fraction of sp³-hybridized carbons (Fsp3) is 0.348. The molecule has 1 aromatic carbocycles. The highest BCUT2D eigenvalue weighted by Gasteiger charge is 2.67. The first-order valence-corrected chi connectivity index (χ1v) is 10.2. The van der Waals surface area contributed by atoms with Crippen LogP contribution in [0.2, 0.25) is 0 Å². The van der Waals surface area contributed by atoms with Gasteiger partial charge in [-0.05, 0) is 54.4 Å². The van der Waals surface area contributed by atoms with Crippen molar-refractivity contribution in [3.8, 4) is 11.3 Å². The summed E-state index contributed by atoms with van der Waals surface area (Å²) in [5, 5.41) is 5.03. The van der Waals surface area contributed by atoms with Crippen LogP contribution in [0.25, 0.3) is 11.3 Å². The first kappa shape index (κ1) is 18.6. The third-order valence-electron chi connectivity index (χ3n) is 7.04. The van der Waals surface area contributed by atoms with Gasteiger partial charge in [-0.1, -0.05) is 24.3 Å². The Morgan fingerprint density at radius 3 is 2.32 bits per heavy atom. The Hall–Kier alpha value is -3.16. The molecule has 0 unspecified atom stereocenters. The van der Waals surface area contributed by atoms with Gasteiger partial charge in [-0.3, -0.25) is 9.59 Å². The summed E-state index contributed by atoms with van der Waals surface area (Å²) in [7, 11) is 0. The molecule has 1 aliphatic heterocycles. The number of carbonyl (C=O) groups excluding carboxylic acids is 2. The Kier molecular flexibility index (Phi) is 3.71. The Morgan fingerprint density at radius 2 is 1.68 bits per heavy atom. The third kappa shape index (κ3) is 2.73. The quantitative estimate of drug-likeness (QED) is 0.416. The topological polar surface area (TPSA) is 62.9 Å². The van der Waals surface area contributed by atoms with Gasteiger partial charge in [0.15, 0.2) is 0 Å². The van der Waals surface area contributed by atoms with Crippen LogP contribution in [0.1, 0.15) is 17.7 Å². The predicted molar refractivity (Wildman–Crippen MR) is 103 cm³/mol. The Bertz CT molecular complexity index is 1130. The molecule has 0 spiro atoms. The highest BCUT2D eigenvalue weighted by Crippen LogP contribution is 2.65. The highest BCUT2D eigenvalue weighted by atomic mass is 19.4. The Balaban J connectivity index is 1.23. The van der Waals surface area contributed by atoms with Gasteiger partial charge in [0.25, 0.3) is 11.8 Å². The second-order valence-corrected chi connectivity index (χ2v) is 8.67. The number of hydrazone groups is 1. The molecule has 5 nitrogen and oxygen atoms in total. The normalized spacial score (nSPS) is 33.3. The largest absolute Gasteiger partial charge is 0.455 e. The number of halogens is 3. The number of carbonyl (C=O) groups is 2. The highest BCUT2D eigenvalue weighted by molar-refractivity contribution is 6.06. The van der Waals surface area contributed by atoms with E-state index in [4.69, 9.17) is 4.42 Å². The SMILES string of the molecule is O=C1[C@@H]2[C@@H]3C=C[C@H]([C@H]4C[C@@H]34)[C@@H]2C(=O)N1/N=C\c1ccc(-c2cccc(C(F)(F)F)c2)o1. The van der Waals surface area contributed by atoms with Crippen molar-refractivity contribution in [2.45, 2.75) is 12.6 Å². The molecule has 3 fully saturated rings. The van der Waals surface area contributed by atoms with Crippen molar-refractivity contribution in [1.82, 2.24) is 5.01 Å². The van der Waals surface area contributed by atoms with E-state index < -0.39 is 11.7 Å². The van der Waals surface area contributed by atoms with Gasteiger partial charge in [-0.15, -0.1) is 0 Å². The summed E-state index contributed by atoms with van der Waals surface area (Å²) in [6.07, 6.45) is 2.08. The molecule has 7 rings (SSSR count). The number of hydrogen-bond donors (Lipinski definition) is 0. The molecule has 1 saturated heterocycles. The molecule has 31 heavy (non-hydrogen) atoms. The number of imide groups is 1. The van der Waals surface area contributed by atoms with Gasteiger partial charge in [0.2, 0.25) is 0 Å². The average Bonchev–Trinajstić information content (AvgIpc) is 3.38. The van der Waals surface area contributed by atoms with E-state index in [-0.39, 0.29) is 52.6 Å². The summed E-state index contributed by atoms with van der Waals surface area (Å²) in [6.45, 7) is 0. The minimum Gasteiger partial charge on any atom is -0.455 e. The molecule has 2 aromatic rings. The van der Waals surface area contributed by atoms with Gasteiger partial charge in [-0.2, -0.15) is 23.3 Å². The second-order valence-electron chi connectivity index (χ2n) is 8.67. The smallest absolute Gasteiger partial charge is 0.416 e. The second kappa shape index (κ2) is 6.18. The van der Waals surface area contributed by atoms with Crippen LogP contribution in [0.3, 0.4) is 0 Å². The molecule has 2 bridgehead atoms. The van der Waals surface area contributed by atoms with E-state index in [2.05, 4.69) is 17.3 Å². The average molecular weight is 426 g/mol. The summed E-state index contributed by atoms with van der Waals surface area (Å²) in [4.78, 5) is 25.8. The van der Waals surface area contributed by atoms with Crippen LogP contribution in [0.15, 0.2) is 58.1 Å². The van der Waals surface area contributed by atoms with E-state index in [1.165, 1.54) is 30.5 Å². The monoisotopic (exact) mass is 426 g/mol. The molecule has 2 heterocycles. The molecule has 4 aliphatic carbocycles. The van der Waals surface area contributed by atoms with Crippen LogP contribution >= 0.6 is 0 Å². The molecule has 6 atom stereocenters. The number of alkyl halides is 3. The molecule has 0 N–H and O–H groups in total. The van der Waals surface area contributed by atoms with Crippen molar-refractivity contribution in [3.63, 3.8) is 0 Å². The molecule has 2 amide bonds. The van der Waals surface area contributed by atoms with E-state index in [0.717, 1.165) is 23.6 Å². The summed E-state index contributed by atoms with van der Waals surface area (Å²) in [6, 6.07) is 7.89. The molecule has 1 aromatic heterocycles. The standard InChI is InChI=1S/C23H17F3N2O3/c24-23(25,26)12-3-1-2-11(8-12)18-7-4-13(31-18)10-27-28-21(29)19-14-5-6-15(17-9-16(14)17)20(19)22(28)30/h1-8,10,14-17,19-20H,9H2/b27-10-/t14-,15-,16-,17+,19+,20-/m1/s1. The van der Waals surface area contributed by atoms with Crippen LogP contribution in [-0.4, -0.2) is 23.0 Å². The lowest BCUT2D eigenvalue weighted by Gasteiger charge is -2.37. The summed E-state index contributed by atoms with van der Waals surface area (Å²) < 4.78 is 44.4. The van der Waals surface area contributed by atoms with Gasteiger partial charge in [0.1, 0.15) is 11.5 Å². The zero-order valence-corrected chi connectivity index (χ0v) is 16.1. The summed E-state index contributed by atoms with van der Waals surface area (Å²) in [5.74, 6) is 0.520. The van der Waals surface area contributed by atoms with E-state index >= 15 is 0 Å². The number of hydrogen-bond acceptors (Lipinski definition) is 4. The lowest BCUT2D eigenvalue weighted by atomic mass is 9.63. The number of amides is 2. The molecule has 0 radical (unpaired) electrons. The van der Waals surface area contributed by atoms with Gasteiger partial charge in [-0.25, -0.2) is 0 Å². The van der Waals surface area contributed by atoms with Crippen molar-refractivity contribution < 1.29 is 27.2 Å². The molecular formula is C23H17F3N2O3. The van der Waals surface area contributed by atoms with Crippen LogP contribution in [0.5, 0.6) is 0 Å². The zero-order valence-electron chi connectivity index (χ0n) is 16.1. The maximum atomic E-state index is 12.9. The molecule has 5 aliphatic rings. The van der Waals surface area contributed by atoms with Gasteiger partial charge >= 0.3 is 6.18 Å². The lowest BCUT2D eigenvalue weighted by molar-refractivity contribution is -0.140. The number of furan rings is 1. The molecule has 2 saturated carbocycles. The van der Waals surface area contributed by atoms with Crippen LogP contribution in [0.4, 0.5) is 13.2 Å². The Morgan fingerprint density at radius 1 is 1.00 bits per heavy atom. The predicted octanol–water partition coefficient (Wildman–Crippen LogP) is 4.35. The van der Waals surface area contributed by atoms with Gasteiger partial charge < -0.3 is 4.42 Å². The Labute approximate surface area is 175 Å². The van der Waals surface area contributed by atoms with Crippen LogP contribution in [0, 0.1) is 35.5 Å². The number of benzene rings is 1. The zero-order chi connectivity index (χ0) is 21.5. The summed E-state index contributed by atoms with van der Waals surface area (Å²) >= 11 is 0. The van der Waals surface area contributed by atoms with E-state index in [9.17, 15) is 22.8 Å². The summed E-state index contributed by atoms with van der Waals surface area (Å²) in [5.41, 5.74) is -0.496. The fourth-order valence-electron chi connectivity index (χ4n) is 5.60. The van der Waals surface area contributed by atoms with Crippen molar-refractivity contribution >= 4 is 18.0 Å². The van der Waals surface area contributed by atoms with Crippen molar-refractivity contribution in [2.75, 3.05) is 0 Å². The number of nitrogens with zero attached hydrogens (tertiary/aromatic N) is 2. The van der Waals surface area contributed by atoms with Gasteiger partial charge in [0.05, 0.1) is 23.6 Å². The van der Waals surface area contributed by atoms with E-state index in [1.54, 1.807) is 0 Å². The fourth-order valence-corrected chi connectivity index (χ4v) is 5.60. The molecular weight excluding hydrogens is 409 g/mol. The maximum absolute atomic E-state index is 12.9. The molecule has 158 valence electrons. The van der Waals surface area contributed by atoms with E-state index in [0.29, 0.717) is 11.8 Å². The third-order valence-corrected chi connectivity index (χ3v) is 7.04. The van der Waals surface area contributed by atoms with Crippen molar-refractivity contribution in [2.24, 2.45) is 40.6 Å². The van der Waals surface area contributed by atoms with Crippen molar-refractivity contribution in [3.05, 3.63) is 59.9 Å². The first-order chi connectivity index (χ1) is 14.8. The van der Waals surface area contributed by atoms with Crippen LogP contribution < -0.4 is 0 Å². The van der Waals surface area contributed by atoms with E-state index in [1.807, 2.05) is 0 Å². The number of allylic oxidation sites excluding steroid dienone is 2. The maximum Gasteiger partial charge on any atom is 0.416 e. The lowest BCUT2D eigenvalue weighted by Crippen LogP contribution is -2.40. The van der Waals surface area contributed by atoms with Crippen molar-refractivity contribution in [1.29, 1.82) is 0 Å². The molecule has 8 heteroatoms. The minimum atomic E-state index is -4.45. The first-order valence-electron chi connectivity index (χ1n) is 10.2. The van der Waals surface area contributed by atoms with Gasteiger partial charge in [0, 0.05) is 5.56 Å².